The molecule has 1 saturated heterocycles. The Morgan fingerprint density at radius 1 is 1.04 bits per heavy atom. The van der Waals surface area contributed by atoms with E-state index in [9.17, 15) is 4.79 Å². The molecule has 130 valence electrons. The largest absolute Gasteiger partial charge is 0.397 e. The zero-order valence-electron chi connectivity index (χ0n) is 14.2. The summed E-state index contributed by atoms with van der Waals surface area (Å²) in [5, 5.41) is 6.44. The lowest BCUT2D eigenvalue weighted by Gasteiger charge is -2.17. The zero-order valence-corrected chi connectivity index (χ0v) is 14.2. The molecule has 1 aliphatic carbocycles. The molecule has 4 rings (SSSR count). The lowest BCUT2D eigenvalue weighted by molar-refractivity contribution is 0.102. The molecule has 0 spiro atoms. The van der Waals surface area contributed by atoms with Crippen molar-refractivity contribution >= 4 is 23.0 Å². The average molecular weight is 336 g/mol. The third kappa shape index (κ3) is 3.77. The molecule has 5 heteroatoms. The average Bonchev–Trinajstić information content (AvgIpc) is 3.37. The summed E-state index contributed by atoms with van der Waals surface area (Å²) >= 11 is 0. The van der Waals surface area contributed by atoms with Gasteiger partial charge in [-0.1, -0.05) is 12.1 Å². The standard InChI is InChI=1S/C20H24N4O/c21-18-3-1-2-4-19(18)23-20(25)14-5-7-15(8-6-14)22-16-11-12-24(13-16)17-9-10-17/h1-8,16-17,22H,9-13,21H2,(H,23,25)/t16-/m0/s1. The summed E-state index contributed by atoms with van der Waals surface area (Å²) in [6.07, 6.45) is 3.91. The molecule has 0 radical (unpaired) electrons. The molecule has 0 bridgehead atoms. The zero-order chi connectivity index (χ0) is 17.2. The van der Waals surface area contributed by atoms with Crippen LogP contribution in [-0.4, -0.2) is 36.0 Å². The van der Waals surface area contributed by atoms with E-state index in [1.54, 1.807) is 12.1 Å². The third-order valence-corrected chi connectivity index (χ3v) is 5.01. The van der Waals surface area contributed by atoms with Gasteiger partial charge < -0.3 is 16.4 Å². The minimum absolute atomic E-state index is 0.148. The molecule has 1 heterocycles. The first-order valence-corrected chi connectivity index (χ1v) is 8.95. The molecule has 1 amide bonds. The predicted molar refractivity (Wildman–Crippen MR) is 102 cm³/mol. The molecule has 2 fully saturated rings. The lowest BCUT2D eigenvalue weighted by atomic mass is 10.1. The number of para-hydroxylation sites is 2. The lowest BCUT2D eigenvalue weighted by Crippen LogP contribution is -2.27. The van der Waals surface area contributed by atoms with Crippen LogP contribution < -0.4 is 16.4 Å². The SMILES string of the molecule is Nc1ccccc1NC(=O)c1ccc(N[C@H]2CCN(C3CC3)C2)cc1. The third-order valence-electron chi connectivity index (χ3n) is 5.01. The van der Waals surface area contributed by atoms with Crippen LogP contribution >= 0.6 is 0 Å². The maximum atomic E-state index is 12.4. The minimum Gasteiger partial charge on any atom is -0.397 e. The molecule has 0 unspecified atom stereocenters. The minimum atomic E-state index is -0.148. The van der Waals surface area contributed by atoms with Gasteiger partial charge in [0.1, 0.15) is 0 Å². The summed E-state index contributed by atoms with van der Waals surface area (Å²) in [5.74, 6) is -0.148. The van der Waals surface area contributed by atoms with Crippen LogP contribution in [0.25, 0.3) is 0 Å². The number of nitrogens with one attached hydrogen (secondary N) is 2. The Morgan fingerprint density at radius 2 is 1.80 bits per heavy atom. The van der Waals surface area contributed by atoms with Gasteiger partial charge in [0.25, 0.3) is 5.91 Å². The number of hydrogen-bond acceptors (Lipinski definition) is 4. The van der Waals surface area contributed by atoms with Crippen molar-refractivity contribution in [2.24, 2.45) is 0 Å². The highest BCUT2D eigenvalue weighted by atomic mass is 16.1. The summed E-state index contributed by atoms with van der Waals surface area (Å²) in [7, 11) is 0. The molecule has 4 N–H and O–H groups in total. The second-order valence-corrected chi connectivity index (χ2v) is 6.97. The summed E-state index contributed by atoms with van der Waals surface area (Å²) in [4.78, 5) is 14.9. The van der Waals surface area contributed by atoms with Crippen LogP contribution in [0.4, 0.5) is 17.1 Å². The normalized spacial score (nSPS) is 20.4. The molecule has 1 aliphatic heterocycles. The Balaban J connectivity index is 1.35. The Labute approximate surface area is 148 Å². The van der Waals surface area contributed by atoms with E-state index in [0.29, 0.717) is 23.0 Å². The summed E-state index contributed by atoms with van der Waals surface area (Å²) < 4.78 is 0. The fourth-order valence-corrected chi connectivity index (χ4v) is 3.44. The van der Waals surface area contributed by atoms with Crippen LogP contribution in [-0.2, 0) is 0 Å². The van der Waals surface area contributed by atoms with E-state index in [1.165, 1.54) is 25.8 Å². The van der Waals surface area contributed by atoms with Gasteiger partial charge >= 0.3 is 0 Å². The number of rotatable bonds is 5. The second kappa shape index (κ2) is 6.76. The maximum absolute atomic E-state index is 12.4. The van der Waals surface area contributed by atoms with E-state index in [0.717, 1.165) is 18.3 Å². The number of nitrogens with two attached hydrogens (primary N) is 1. The fraction of sp³-hybridized carbons (Fsp3) is 0.350. The van der Waals surface area contributed by atoms with E-state index in [4.69, 9.17) is 5.73 Å². The predicted octanol–water partition coefficient (Wildman–Crippen LogP) is 3.17. The van der Waals surface area contributed by atoms with Crippen molar-refractivity contribution in [3.05, 3.63) is 54.1 Å². The van der Waals surface area contributed by atoms with Crippen LogP contribution in [0.2, 0.25) is 0 Å². The summed E-state index contributed by atoms with van der Waals surface area (Å²) in [6, 6.07) is 16.3. The molecule has 0 aromatic heterocycles. The fourth-order valence-electron chi connectivity index (χ4n) is 3.44. The summed E-state index contributed by atoms with van der Waals surface area (Å²) in [6.45, 7) is 2.32. The van der Waals surface area contributed by atoms with Crippen molar-refractivity contribution in [1.29, 1.82) is 0 Å². The Morgan fingerprint density at radius 3 is 2.52 bits per heavy atom. The van der Waals surface area contributed by atoms with Crippen molar-refractivity contribution in [2.75, 3.05) is 29.5 Å². The van der Waals surface area contributed by atoms with Gasteiger partial charge in [-0.15, -0.1) is 0 Å². The topological polar surface area (TPSA) is 70.4 Å². The van der Waals surface area contributed by atoms with Crippen molar-refractivity contribution < 1.29 is 4.79 Å². The van der Waals surface area contributed by atoms with Crippen molar-refractivity contribution in [2.45, 2.75) is 31.3 Å². The van der Waals surface area contributed by atoms with Crippen LogP contribution in [0.5, 0.6) is 0 Å². The molecular formula is C20H24N4O. The first-order chi connectivity index (χ1) is 12.2. The molecule has 2 aromatic carbocycles. The number of carbonyl (C=O) groups is 1. The van der Waals surface area contributed by atoms with Crippen molar-refractivity contribution in [3.63, 3.8) is 0 Å². The molecule has 5 nitrogen and oxygen atoms in total. The van der Waals surface area contributed by atoms with Gasteiger partial charge in [0.15, 0.2) is 0 Å². The number of carbonyl (C=O) groups excluding carboxylic acids is 1. The quantitative estimate of drug-likeness (QED) is 0.734. The number of benzene rings is 2. The van der Waals surface area contributed by atoms with E-state index >= 15 is 0 Å². The number of hydrogen-bond donors (Lipinski definition) is 3. The van der Waals surface area contributed by atoms with Gasteiger partial charge in [0.05, 0.1) is 11.4 Å². The first kappa shape index (κ1) is 16.0. The summed E-state index contributed by atoms with van der Waals surface area (Å²) in [5.41, 5.74) is 8.77. The first-order valence-electron chi connectivity index (χ1n) is 8.95. The number of nitrogen functional groups attached to an aromatic ring is 1. The van der Waals surface area contributed by atoms with Crippen LogP contribution in [0.3, 0.4) is 0 Å². The molecule has 2 aromatic rings. The molecule has 25 heavy (non-hydrogen) atoms. The number of anilines is 3. The number of nitrogens with zero attached hydrogens (tertiary/aromatic N) is 1. The van der Waals surface area contributed by atoms with Gasteiger partial charge in [-0.3, -0.25) is 9.69 Å². The number of amides is 1. The van der Waals surface area contributed by atoms with Gasteiger partial charge in [-0.25, -0.2) is 0 Å². The number of likely N-dealkylation sites (tertiary alicyclic amines) is 1. The van der Waals surface area contributed by atoms with Crippen molar-refractivity contribution in [1.82, 2.24) is 4.90 Å². The van der Waals surface area contributed by atoms with E-state index < -0.39 is 0 Å². The molecular weight excluding hydrogens is 312 g/mol. The maximum Gasteiger partial charge on any atom is 0.255 e. The van der Waals surface area contributed by atoms with Crippen molar-refractivity contribution in [3.8, 4) is 0 Å². The highest BCUT2D eigenvalue weighted by Gasteiger charge is 2.34. The van der Waals surface area contributed by atoms with Gasteiger partial charge in [0.2, 0.25) is 0 Å². The van der Waals surface area contributed by atoms with E-state index in [2.05, 4.69) is 15.5 Å². The highest BCUT2D eigenvalue weighted by molar-refractivity contribution is 6.05. The molecule has 2 aliphatic rings. The molecule has 1 saturated carbocycles. The van der Waals surface area contributed by atoms with Crippen LogP contribution in [0.15, 0.2) is 48.5 Å². The van der Waals surface area contributed by atoms with Gasteiger partial charge in [-0.05, 0) is 55.7 Å². The van der Waals surface area contributed by atoms with Crippen LogP contribution in [0, 0.1) is 0 Å². The Bertz CT molecular complexity index is 755. The Hall–Kier alpha value is -2.53. The van der Waals surface area contributed by atoms with Gasteiger partial charge in [0, 0.05) is 36.4 Å². The van der Waals surface area contributed by atoms with E-state index in [1.807, 2.05) is 36.4 Å². The van der Waals surface area contributed by atoms with Gasteiger partial charge in [-0.2, -0.15) is 0 Å². The highest BCUT2D eigenvalue weighted by Crippen LogP contribution is 2.30. The second-order valence-electron chi connectivity index (χ2n) is 6.97. The van der Waals surface area contributed by atoms with Crippen LogP contribution in [0.1, 0.15) is 29.6 Å². The Kier molecular flexibility index (Phi) is 4.32. The monoisotopic (exact) mass is 336 g/mol. The van der Waals surface area contributed by atoms with E-state index in [-0.39, 0.29) is 5.91 Å². The molecule has 1 atom stereocenters. The smallest absolute Gasteiger partial charge is 0.255 e.